The molecule has 2 aromatic carbocycles. The Morgan fingerprint density at radius 2 is 1.97 bits per heavy atom. The summed E-state index contributed by atoms with van der Waals surface area (Å²) in [5, 5.41) is 4.36. The lowest BCUT2D eigenvalue weighted by Gasteiger charge is -2.12. The standard InChI is InChI=1S/C23H23ClN4O2/c1-14(2)26-20(29)12-28-19-9-8-15(3)10-17(19)21-22(28)23(30)27(13-25-21)11-16-6-4-5-7-18(16)24/h4-10,13-14H,11-12H2,1-3H3,(H,26,29). The van der Waals surface area contributed by atoms with Gasteiger partial charge in [-0.15, -0.1) is 0 Å². The third-order valence-corrected chi connectivity index (χ3v) is 5.40. The molecule has 154 valence electrons. The van der Waals surface area contributed by atoms with Crippen molar-refractivity contribution in [2.45, 2.75) is 39.9 Å². The van der Waals surface area contributed by atoms with E-state index in [1.807, 2.05) is 57.2 Å². The van der Waals surface area contributed by atoms with Gasteiger partial charge in [0, 0.05) is 16.5 Å². The van der Waals surface area contributed by atoms with Crippen LogP contribution >= 0.6 is 11.6 Å². The summed E-state index contributed by atoms with van der Waals surface area (Å²) in [6.45, 7) is 6.16. The molecule has 0 bridgehead atoms. The summed E-state index contributed by atoms with van der Waals surface area (Å²) in [6.07, 6.45) is 1.55. The minimum atomic E-state index is -0.203. The number of rotatable bonds is 5. The largest absolute Gasteiger partial charge is 0.352 e. The van der Waals surface area contributed by atoms with Gasteiger partial charge in [0.05, 0.1) is 18.4 Å². The van der Waals surface area contributed by atoms with Gasteiger partial charge in [0.2, 0.25) is 5.91 Å². The lowest BCUT2D eigenvalue weighted by Crippen LogP contribution is -2.34. The van der Waals surface area contributed by atoms with E-state index in [2.05, 4.69) is 10.3 Å². The second kappa shape index (κ2) is 7.95. The van der Waals surface area contributed by atoms with E-state index in [0.717, 1.165) is 22.0 Å². The lowest BCUT2D eigenvalue weighted by molar-refractivity contribution is -0.122. The highest BCUT2D eigenvalue weighted by molar-refractivity contribution is 6.31. The van der Waals surface area contributed by atoms with Gasteiger partial charge in [0.25, 0.3) is 5.56 Å². The topological polar surface area (TPSA) is 68.9 Å². The molecule has 0 aliphatic carbocycles. The average Bonchev–Trinajstić information content (AvgIpc) is 2.98. The van der Waals surface area contributed by atoms with Crippen molar-refractivity contribution in [3.05, 3.63) is 75.3 Å². The molecule has 0 aliphatic rings. The molecule has 0 fully saturated rings. The summed E-state index contributed by atoms with van der Waals surface area (Å²) in [5.74, 6) is -0.148. The van der Waals surface area contributed by atoms with Gasteiger partial charge in [-0.1, -0.05) is 41.4 Å². The molecule has 0 radical (unpaired) electrons. The Labute approximate surface area is 179 Å². The summed E-state index contributed by atoms with van der Waals surface area (Å²) >= 11 is 6.28. The number of hydrogen-bond donors (Lipinski definition) is 1. The number of aryl methyl sites for hydroxylation is 1. The molecule has 0 aliphatic heterocycles. The van der Waals surface area contributed by atoms with Crippen LogP contribution in [0.1, 0.15) is 25.0 Å². The van der Waals surface area contributed by atoms with Crippen LogP contribution in [-0.4, -0.2) is 26.1 Å². The van der Waals surface area contributed by atoms with Crippen LogP contribution in [0.25, 0.3) is 21.9 Å². The molecular weight excluding hydrogens is 400 g/mol. The van der Waals surface area contributed by atoms with E-state index < -0.39 is 0 Å². The molecule has 0 saturated heterocycles. The Balaban J connectivity index is 1.91. The number of nitrogens with one attached hydrogen (secondary N) is 1. The minimum absolute atomic E-state index is 0.0165. The maximum atomic E-state index is 13.5. The molecule has 2 aromatic heterocycles. The van der Waals surface area contributed by atoms with Crippen molar-refractivity contribution in [3.8, 4) is 0 Å². The van der Waals surface area contributed by atoms with Gasteiger partial charge in [-0.3, -0.25) is 14.2 Å². The molecule has 4 rings (SSSR count). The summed E-state index contributed by atoms with van der Waals surface area (Å²) in [5.41, 5.74) is 3.53. The predicted octanol–water partition coefficient (Wildman–Crippen LogP) is 3.89. The fourth-order valence-corrected chi connectivity index (χ4v) is 3.91. The maximum Gasteiger partial charge on any atom is 0.278 e. The number of benzene rings is 2. The van der Waals surface area contributed by atoms with E-state index >= 15 is 0 Å². The van der Waals surface area contributed by atoms with Crippen LogP contribution in [0.2, 0.25) is 5.02 Å². The van der Waals surface area contributed by atoms with Crippen molar-refractivity contribution in [2.75, 3.05) is 0 Å². The smallest absolute Gasteiger partial charge is 0.278 e. The third-order valence-electron chi connectivity index (χ3n) is 5.03. The molecule has 30 heavy (non-hydrogen) atoms. The van der Waals surface area contributed by atoms with E-state index in [-0.39, 0.29) is 24.1 Å². The molecule has 0 spiro atoms. The lowest BCUT2D eigenvalue weighted by atomic mass is 10.1. The van der Waals surface area contributed by atoms with Crippen LogP contribution in [0.5, 0.6) is 0 Å². The number of halogens is 1. The van der Waals surface area contributed by atoms with Gasteiger partial charge >= 0.3 is 0 Å². The Bertz CT molecular complexity index is 1320. The zero-order chi connectivity index (χ0) is 21.4. The van der Waals surface area contributed by atoms with Crippen molar-refractivity contribution in [1.29, 1.82) is 0 Å². The molecule has 4 aromatic rings. The predicted molar refractivity (Wildman–Crippen MR) is 120 cm³/mol. The Morgan fingerprint density at radius 1 is 1.20 bits per heavy atom. The Morgan fingerprint density at radius 3 is 2.70 bits per heavy atom. The highest BCUT2D eigenvalue weighted by Crippen LogP contribution is 2.26. The maximum absolute atomic E-state index is 13.5. The first-order chi connectivity index (χ1) is 14.3. The van der Waals surface area contributed by atoms with Gasteiger partial charge in [0.1, 0.15) is 17.6 Å². The molecule has 0 saturated carbocycles. The first-order valence-electron chi connectivity index (χ1n) is 9.86. The molecule has 0 atom stereocenters. The van der Waals surface area contributed by atoms with Crippen molar-refractivity contribution in [1.82, 2.24) is 19.4 Å². The second-order valence-corrected chi connectivity index (χ2v) is 8.20. The van der Waals surface area contributed by atoms with Crippen LogP contribution in [0.15, 0.2) is 53.6 Å². The fourth-order valence-electron chi connectivity index (χ4n) is 3.71. The molecular formula is C23H23ClN4O2. The van der Waals surface area contributed by atoms with E-state index in [4.69, 9.17) is 11.6 Å². The monoisotopic (exact) mass is 422 g/mol. The zero-order valence-electron chi connectivity index (χ0n) is 17.1. The number of aromatic nitrogens is 3. The van der Waals surface area contributed by atoms with Gasteiger partial charge < -0.3 is 9.88 Å². The minimum Gasteiger partial charge on any atom is -0.352 e. The molecule has 1 amide bonds. The molecule has 6 nitrogen and oxygen atoms in total. The number of amides is 1. The highest BCUT2D eigenvalue weighted by atomic mass is 35.5. The number of carbonyl (C=O) groups excluding carboxylic acids is 1. The number of fused-ring (bicyclic) bond motifs is 3. The highest BCUT2D eigenvalue weighted by Gasteiger charge is 2.19. The van der Waals surface area contributed by atoms with E-state index in [1.165, 1.54) is 4.57 Å². The van der Waals surface area contributed by atoms with Crippen molar-refractivity contribution < 1.29 is 4.79 Å². The van der Waals surface area contributed by atoms with Crippen LogP contribution in [0, 0.1) is 6.92 Å². The molecule has 7 heteroatoms. The van der Waals surface area contributed by atoms with Crippen molar-refractivity contribution in [2.24, 2.45) is 0 Å². The second-order valence-electron chi connectivity index (χ2n) is 7.80. The van der Waals surface area contributed by atoms with Crippen molar-refractivity contribution in [3.63, 3.8) is 0 Å². The Hall–Kier alpha value is -3.12. The van der Waals surface area contributed by atoms with Crippen LogP contribution in [0.4, 0.5) is 0 Å². The Kier molecular flexibility index (Phi) is 5.35. The molecule has 2 heterocycles. The van der Waals surface area contributed by atoms with Gasteiger partial charge in [-0.05, 0) is 44.5 Å². The van der Waals surface area contributed by atoms with Gasteiger partial charge in [-0.2, -0.15) is 0 Å². The average molecular weight is 423 g/mol. The third kappa shape index (κ3) is 3.71. The van der Waals surface area contributed by atoms with Crippen molar-refractivity contribution >= 4 is 39.4 Å². The van der Waals surface area contributed by atoms with E-state index in [1.54, 1.807) is 17.0 Å². The van der Waals surface area contributed by atoms with Crippen LogP contribution in [-0.2, 0) is 17.9 Å². The zero-order valence-corrected chi connectivity index (χ0v) is 17.9. The first-order valence-corrected chi connectivity index (χ1v) is 10.2. The van der Waals surface area contributed by atoms with Gasteiger partial charge in [-0.25, -0.2) is 4.98 Å². The molecule has 0 unspecified atom stereocenters. The molecule has 1 N–H and O–H groups in total. The quantitative estimate of drug-likeness (QED) is 0.530. The number of nitrogens with zero attached hydrogens (tertiary/aromatic N) is 3. The van der Waals surface area contributed by atoms with E-state index in [0.29, 0.717) is 22.6 Å². The summed E-state index contributed by atoms with van der Waals surface area (Å²) < 4.78 is 3.30. The summed E-state index contributed by atoms with van der Waals surface area (Å²) in [6, 6.07) is 13.3. The first kappa shape index (κ1) is 20.2. The summed E-state index contributed by atoms with van der Waals surface area (Å²) in [4.78, 5) is 30.6. The number of carbonyl (C=O) groups is 1. The van der Waals surface area contributed by atoms with E-state index in [9.17, 15) is 9.59 Å². The van der Waals surface area contributed by atoms with Crippen LogP contribution in [0.3, 0.4) is 0 Å². The SMILES string of the molecule is Cc1ccc2c(c1)c1ncn(Cc3ccccc3Cl)c(=O)c1n2CC(=O)NC(C)C. The number of hydrogen-bond acceptors (Lipinski definition) is 3. The van der Waals surface area contributed by atoms with Gasteiger partial charge in [0.15, 0.2) is 0 Å². The summed E-state index contributed by atoms with van der Waals surface area (Å²) in [7, 11) is 0. The normalized spacial score (nSPS) is 11.5. The fraction of sp³-hybridized carbons (Fsp3) is 0.261. The van der Waals surface area contributed by atoms with Crippen LogP contribution < -0.4 is 10.9 Å².